The van der Waals surface area contributed by atoms with Crippen LogP contribution in [-0.2, 0) is 27.9 Å². The summed E-state index contributed by atoms with van der Waals surface area (Å²) >= 11 is 1.37. The van der Waals surface area contributed by atoms with Gasteiger partial charge in [-0.2, -0.15) is 8.42 Å². The first kappa shape index (κ1) is 34.9. The van der Waals surface area contributed by atoms with Gasteiger partial charge in [0.25, 0.3) is 0 Å². The second kappa shape index (κ2) is 14.8. The molecule has 1 fully saturated rings. The lowest BCUT2D eigenvalue weighted by Crippen LogP contribution is -2.59. The van der Waals surface area contributed by atoms with Crippen molar-refractivity contribution in [1.82, 2.24) is 10.6 Å². The highest BCUT2D eigenvalue weighted by Crippen LogP contribution is 2.28. The molecule has 0 bridgehead atoms. The van der Waals surface area contributed by atoms with Crippen LogP contribution in [0.4, 0.5) is 14.9 Å². The Bertz CT molecular complexity index is 1850. The number of nitrogens with zero attached hydrogens (tertiary/aromatic N) is 1. The Morgan fingerprint density at radius 2 is 1.69 bits per heavy atom. The van der Waals surface area contributed by atoms with Crippen molar-refractivity contribution in [2.75, 3.05) is 25.5 Å². The summed E-state index contributed by atoms with van der Waals surface area (Å²) in [5.74, 6) is -0.443. The molecule has 13 heteroatoms. The highest BCUT2D eigenvalue weighted by atomic mass is 32.2. The molecule has 48 heavy (non-hydrogen) atoms. The van der Waals surface area contributed by atoms with E-state index in [2.05, 4.69) is 23.0 Å². The van der Waals surface area contributed by atoms with Crippen molar-refractivity contribution in [3.8, 4) is 11.5 Å². The Kier molecular flexibility index (Phi) is 10.7. The quantitative estimate of drug-likeness (QED) is 0.119. The number of benzene rings is 3. The lowest BCUT2D eigenvalue weighted by Gasteiger charge is -2.42. The molecule has 0 spiro atoms. The van der Waals surface area contributed by atoms with Crippen LogP contribution >= 0.6 is 11.3 Å². The van der Waals surface area contributed by atoms with Gasteiger partial charge in [0.2, 0.25) is 5.91 Å². The molecule has 3 atom stereocenters. The maximum atomic E-state index is 13.7. The summed E-state index contributed by atoms with van der Waals surface area (Å²) in [6, 6.07) is 18.7. The molecule has 0 saturated carbocycles. The number of carbonyl (C=O) groups is 2. The average molecular weight is 696 g/mol. The third kappa shape index (κ3) is 9.33. The standard InChI is InChI=1S/C35H39FN4O6S2/c1-23-19-33(24(2)47-23)48(44,45)46-31-16-12-28(13-17-31)38-35(43)39-32(20-25-8-14-30(41)15-9-25)34(42)37-29-5-4-18-40(3,22-29)21-26-6-10-27(36)11-7-26/h6-17,19,29,32H,4-5,18,20-22H2,1-3H3,(H3-,37,38,39,41,42,43)/p+1/t29-,32-,40?/m0/s1. The van der Waals surface area contributed by atoms with Crippen LogP contribution in [0.3, 0.4) is 0 Å². The highest BCUT2D eigenvalue weighted by molar-refractivity contribution is 7.87. The lowest BCUT2D eigenvalue weighted by atomic mass is 10.00. The van der Waals surface area contributed by atoms with E-state index in [1.165, 1.54) is 59.9 Å². The van der Waals surface area contributed by atoms with Crippen LogP contribution in [0.2, 0.25) is 0 Å². The van der Waals surface area contributed by atoms with Crippen LogP contribution in [0.25, 0.3) is 0 Å². The van der Waals surface area contributed by atoms with Gasteiger partial charge in [-0.25, -0.2) is 9.18 Å². The zero-order valence-electron chi connectivity index (χ0n) is 27.0. The summed E-state index contributed by atoms with van der Waals surface area (Å²) in [5.41, 5.74) is 2.13. The SMILES string of the molecule is Cc1cc(S(=O)(=O)Oc2ccc(NC(=O)N[C@@H](Cc3ccc(O)cc3)C(=O)N[C@H]3CCC[N+](C)(Cc4ccc(F)cc4)C3)cc2)c(C)s1. The predicted molar refractivity (Wildman–Crippen MR) is 183 cm³/mol. The maximum Gasteiger partial charge on any atom is 0.340 e. The van der Waals surface area contributed by atoms with E-state index in [-0.39, 0.29) is 40.6 Å². The Labute approximate surface area is 284 Å². The summed E-state index contributed by atoms with van der Waals surface area (Å²) < 4.78 is 45.0. The smallest absolute Gasteiger partial charge is 0.340 e. The molecular formula is C35H40FN4O6S2+. The highest BCUT2D eigenvalue weighted by Gasteiger charge is 2.34. The Hall–Kier alpha value is -4.46. The predicted octanol–water partition coefficient (Wildman–Crippen LogP) is 5.64. The zero-order chi connectivity index (χ0) is 34.5. The first-order valence-corrected chi connectivity index (χ1v) is 17.8. The van der Waals surface area contributed by atoms with E-state index in [9.17, 15) is 27.5 Å². The normalized spacial score (nSPS) is 18.5. The molecule has 1 unspecified atom stereocenters. The minimum absolute atomic E-state index is 0.0890. The Morgan fingerprint density at radius 1 is 1.02 bits per heavy atom. The number of thiophene rings is 1. The van der Waals surface area contributed by atoms with E-state index in [0.717, 1.165) is 35.4 Å². The number of halogens is 1. The number of amides is 3. The Balaban J connectivity index is 1.23. The fourth-order valence-electron chi connectivity index (χ4n) is 6.05. The van der Waals surface area contributed by atoms with Gasteiger partial charge < -0.3 is 29.7 Å². The van der Waals surface area contributed by atoms with Gasteiger partial charge in [0, 0.05) is 27.4 Å². The molecule has 3 amide bonds. The molecule has 10 nitrogen and oxygen atoms in total. The first-order valence-electron chi connectivity index (χ1n) is 15.6. The third-order valence-electron chi connectivity index (χ3n) is 8.32. The molecule has 4 N–H and O–H groups in total. The molecule has 254 valence electrons. The molecule has 2 heterocycles. The van der Waals surface area contributed by atoms with Gasteiger partial charge in [0.15, 0.2) is 0 Å². The number of hydrogen-bond donors (Lipinski definition) is 4. The molecular weight excluding hydrogens is 656 g/mol. The maximum absolute atomic E-state index is 13.7. The van der Waals surface area contributed by atoms with E-state index in [1.54, 1.807) is 37.3 Å². The van der Waals surface area contributed by atoms with Crippen molar-refractivity contribution in [3.05, 3.63) is 106 Å². The number of rotatable bonds is 11. The molecule has 3 aromatic carbocycles. The summed E-state index contributed by atoms with van der Waals surface area (Å²) in [4.78, 5) is 28.4. The molecule has 1 aliphatic rings. The molecule has 5 rings (SSSR count). The van der Waals surface area contributed by atoms with Gasteiger partial charge in [-0.15, -0.1) is 11.3 Å². The summed E-state index contributed by atoms with van der Waals surface area (Å²) in [6.45, 7) is 5.84. The second-order valence-electron chi connectivity index (χ2n) is 12.5. The average Bonchev–Trinajstić information content (AvgIpc) is 3.38. The largest absolute Gasteiger partial charge is 0.508 e. The second-order valence-corrected chi connectivity index (χ2v) is 15.5. The molecule has 4 aromatic rings. The van der Waals surface area contributed by atoms with E-state index in [1.807, 2.05) is 6.92 Å². The van der Waals surface area contributed by atoms with Crippen LogP contribution < -0.4 is 20.1 Å². The molecule has 1 saturated heterocycles. The van der Waals surface area contributed by atoms with Crippen LogP contribution in [0.1, 0.15) is 33.7 Å². The fourth-order valence-corrected chi connectivity index (χ4v) is 8.50. The first-order chi connectivity index (χ1) is 22.8. The summed E-state index contributed by atoms with van der Waals surface area (Å²) in [7, 11) is -1.90. The van der Waals surface area contributed by atoms with Gasteiger partial charge in [-0.3, -0.25) is 4.79 Å². The molecule has 0 aliphatic carbocycles. The van der Waals surface area contributed by atoms with Crippen LogP contribution in [0.5, 0.6) is 11.5 Å². The van der Waals surface area contributed by atoms with Crippen LogP contribution in [0, 0.1) is 19.7 Å². The lowest BCUT2D eigenvalue weighted by molar-refractivity contribution is -0.927. The van der Waals surface area contributed by atoms with Crippen molar-refractivity contribution >= 4 is 39.1 Å². The van der Waals surface area contributed by atoms with E-state index < -0.39 is 22.2 Å². The minimum atomic E-state index is -4.02. The van der Waals surface area contributed by atoms with Crippen molar-refractivity contribution in [3.63, 3.8) is 0 Å². The van der Waals surface area contributed by atoms with Crippen molar-refractivity contribution in [2.24, 2.45) is 0 Å². The Morgan fingerprint density at radius 3 is 2.33 bits per heavy atom. The molecule has 1 aliphatic heterocycles. The van der Waals surface area contributed by atoms with Crippen LogP contribution in [-0.4, -0.2) is 62.2 Å². The van der Waals surface area contributed by atoms with Gasteiger partial charge >= 0.3 is 16.1 Å². The van der Waals surface area contributed by atoms with Gasteiger partial charge in [-0.1, -0.05) is 24.3 Å². The number of nitrogens with one attached hydrogen (secondary N) is 3. The van der Waals surface area contributed by atoms with Gasteiger partial charge in [0.05, 0.1) is 26.2 Å². The topological polar surface area (TPSA) is 134 Å². The van der Waals surface area contributed by atoms with Crippen molar-refractivity contribution in [2.45, 2.75) is 56.6 Å². The summed E-state index contributed by atoms with van der Waals surface area (Å²) in [5, 5.41) is 18.3. The van der Waals surface area contributed by atoms with E-state index in [0.29, 0.717) is 28.1 Å². The van der Waals surface area contributed by atoms with Crippen molar-refractivity contribution < 1.29 is 36.2 Å². The van der Waals surface area contributed by atoms with E-state index in [4.69, 9.17) is 4.18 Å². The molecule has 0 radical (unpaired) electrons. The molecule has 1 aromatic heterocycles. The zero-order valence-corrected chi connectivity index (χ0v) is 28.7. The number of urea groups is 1. The number of piperidine rings is 1. The van der Waals surface area contributed by atoms with E-state index >= 15 is 0 Å². The number of phenolic OH excluding ortho intramolecular Hbond substituents is 1. The number of carbonyl (C=O) groups excluding carboxylic acids is 2. The van der Waals surface area contributed by atoms with Crippen LogP contribution in [0.15, 0.2) is 83.8 Å². The number of hydrogen-bond acceptors (Lipinski definition) is 7. The fraction of sp³-hybridized carbons (Fsp3) is 0.314. The van der Waals surface area contributed by atoms with Gasteiger partial charge in [-0.05, 0) is 86.8 Å². The number of likely N-dealkylation sites (tertiary alicyclic amines) is 1. The number of likely N-dealkylation sites (N-methyl/N-ethyl adjacent to an activating group) is 1. The number of quaternary nitrogens is 1. The van der Waals surface area contributed by atoms with Crippen molar-refractivity contribution in [1.29, 1.82) is 0 Å². The number of phenols is 1. The minimum Gasteiger partial charge on any atom is -0.508 e. The number of aromatic hydroxyl groups is 1. The third-order valence-corrected chi connectivity index (χ3v) is 10.8. The number of aryl methyl sites for hydroxylation is 2. The van der Waals surface area contributed by atoms with Gasteiger partial charge in [0.1, 0.15) is 34.8 Å². The monoisotopic (exact) mass is 695 g/mol. The summed E-state index contributed by atoms with van der Waals surface area (Å²) in [6.07, 6.45) is 1.86. The number of anilines is 1.